The van der Waals surface area contributed by atoms with Crippen LogP contribution in [0.1, 0.15) is 18.4 Å². The van der Waals surface area contributed by atoms with Gasteiger partial charge >= 0.3 is 6.03 Å². The van der Waals surface area contributed by atoms with Gasteiger partial charge in [-0.3, -0.25) is 14.8 Å². The summed E-state index contributed by atoms with van der Waals surface area (Å²) in [5.41, 5.74) is 2.68. The molecule has 0 aliphatic carbocycles. The van der Waals surface area contributed by atoms with Crippen LogP contribution in [0.25, 0.3) is 0 Å². The van der Waals surface area contributed by atoms with Crippen molar-refractivity contribution in [3.8, 4) is 0 Å². The Labute approximate surface area is 159 Å². The largest absolute Gasteiger partial charge is 0.331 e. The highest BCUT2D eigenvalue weighted by Gasteiger charge is 2.36. The minimum Gasteiger partial charge on any atom is -0.331 e. The van der Waals surface area contributed by atoms with Crippen molar-refractivity contribution in [1.82, 2.24) is 20.6 Å². The number of hydroxylamine groups is 1. The molecule has 1 fully saturated rings. The second-order valence-electron chi connectivity index (χ2n) is 6.95. The van der Waals surface area contributed by atoms with E-state index >= 15 is 0 Å². The summed E-state index contributed by atoms with van der Waals surface area (Å²) in [6.07, 6.45) is 0.997. The minimum atomic E-state index is -0.624. The van der Waals surface area contributed by atoms with E-state index in [0.29, 0.717) is 32.5 Å². The molecule has 1 saturated heterocycles. The zero-order valence-corrected chi connectivity index (χ0v) is 15.9. The number of rotatable bonds is 7. The predicted octanol–water partition coefficient (Wildman–Crippen LogP) is 0.655. The zero-order chi connectivity index (χ0) is 19.8. The van der Waals surface area contributed by atoms with Crippen LogP contribution >= 0.6 is 0 Å². The van der Waals surface area contributed by atoms with Crippen LogP contribution in [-0.2, 0) is 16.0 Å². The van der Waals surface area contributed by atoms with E-state index < -0.39 is 17.9 Å². The Kier molecular flexibility index (Phi) is 7.75. The lowest BCUT2D eigenvalue weighted by Crippen LogP contribution is -2.60. The first-order valence-electron chi connectivity index (χ1n) is 9.13. The normalized spacial score (nSPS) is 17.9. The molecule has 0 spiro atoms. The topological polar surface area (TPSA) is 102 Å². The number of carbonyl (C=O) groups is 3. The summed E-state index contributed by atoms with van der Waals surface area (Å²) in [6, 6.07) is 8.87. The van der Waals surface area contributed by atoms with Crippen molar-refractivity contribution in [3.05, 3.63) is 35.9 Å². The number of aryl methyl sites for hydroxylation is 1. The Morgan fingerprint density at radius 1 is 1.30 bits per heavy atom. The van der Waals surface area contributed by atoms with E-state index in [0.717, 1.165) is 5.56 Å². The molecule has 0 bridgehead atoms. The highest BCUT2D eigenvalue weighted by Crippen LogP contribution is 2.20. The van der Waals surface area contributed by atoms with Crippen LogP contribution in [0, 0.1) is 5.92 Å². The van der Waals surface area contributed by atoms with Crippen LogP contribution < -0.4 is 10.8 Å². The van der Waals surface area contributed by atoms with Gasteiger partial charge in [0.1, 0.15) is 6.04 Å². The van der Waals surface area contributed by atoms with Gasteiger partial charge in [0.05, 0.1) is 0 Å². The van der Waals surface area contributed by atoms with Gasteiger partial charge in [0.2, 0.25) is 5.91 Å². The van der Waals surface area contributed by atoms with Crippen molar-refractivity contribution in [2.75, 3.05) is 33.7 Å². The van der Waals surface area contributed by atoms with Crippen molar-refractivity contribution in [2.24, 2.45) is 5.92 Å². The van der Waals surface area contributed by atoms with Gasteiger partial charge in [-0.25, -0.2) is 10.3 Å². The number of nitrogens with one attached hydrogen (secondary N) is 2. The Morgan fingerprint density at radius 3 is 2.63 bits per heavy atom. The molecule has 1 aliphatic heterocycles. The van der Waals surface area contributed by atoms with Gasteiger partial charge in [-0.2, -0.15) is 0 Å². The molecule has 8 nitrogen and oxygen atoms in total. The number of benzene rings is 1. The van der Waals surface area contributed by atoms with E-state index in [1.165, 1.54) is 4.90 Å². The standard InChI is InChI=1S/C19H28N4O4/c1-22(2)19(26)23-11-10-20-13-16(23)18(25)15(12-17(24)21-27)9-8-14-6-4-3-5-7-14/h3-7,15-16,20,27H,8-13H2,1-2H3,(H,21,24)/t15-,16+/m1/s1. The molecule has 0 radical (unpaired) electrons. The number of hydrogen-bond donors (Lipinski definition) is 3. The lowest BCUT2D eigenvalue weighted by Gasteiger charge is -2.38. The smallest absolute Gasteiger partial charge is 0.320 e. The van der Waals surface area contributed by atoms with E-state index in [9.17, 15) is 14.4 Å². The number of nitrogens with zero attached hydrogens (tertiary/aromatic N) is 2. The highest BCUT2D eigenvalue weighted by atomic mass is 16.5. The maximum absolute atomic E-state index is 13.2. The number of urea groups is 1. The summed E-state index contributed by atoms with van der Waals surface area (Å²) in [7, 11) is 3.30. The lowest BCUT2D eigenvalue weighted by atomic mass is 9.87. The fraction of sp³-hybridized carbons (Fsp3) is 0.526. The van der Waals surface area contributed by atoms with Crippen molar-refractivity contribution < 1.29 is 19.6 Å². The Hall–Kier alpha value is -2.45. The molecule has 1 aromatic rings. The third kappa shape index (κ3) is 5.77. The maximum atomic E-state index is 13.2. The first kappa shape index (κ1) is 20.9. The average Bonchev–Trinajstić information content (AvgIpc) is 2.70. The third-order valence-electron chi connectivity index (χ3n) is 4.78. The monoisotopic (exact) mass is 376 g/mol. The zero-order valence-electron chi connectivity index (χ0n) is 15.9. The minimum absolute atomic E-state index is 0.108. The SMILES string of the molecule is CN(C)C(=O)N1CCNC[C@H]1C(=O)[C@H](CCc1ccccc1)CC(=O)NO. The van der Waals surface area contributed by atoms with Crippen molar-refractivity contribution >= 4 is 17.7 Å². The van der Waals surface area contributed by atoms with Crippen molar-refractivity contribution in [3.63, 3.8) is 0 Å². The van der Waals surface area contributed by atoms with Crippen LogP contribution in [0.4, 0.5) is 4.79 Å². The van der Waals surface area contributed by atoms with E-state index in [2.05, 4.69) is 5.32 Å². The van der Waals surface area contributed by atoms with Crippen LogP contribution in [0.15, 0.2) is 30.3 Å². The van der Waals surface area contributed by atoms with Crippen LogP contribution in [0.3, 0.4) is 0 Å². The summed E-state index contributed by atoms with van der Waals surface area (Å²) in [4.78, 5) is 40.4. The molecule has 148 valence electrons. The average molecular weight is 376 g/mol. The highest BCUT2D eigenvalue weighted by molar-refractivity contribution is 5.93. The van der Waals surface area contributed by atoms with E-state index in [-0.39, 0.29) is 18.2 Å². The molecule has 0 unspecified atom stereocenters. The van der Waals surface area contributed by atoms with Gasteiger partial charge in [-0.1, -0.05) is 30.3 Å². The molecule has 2 atom stereocenters. The van der Waals surface area contributed by atoms with Gasteiger partial charge in [0.15, 0.2) is 5.78 Å². The van der Waals surface area contributed by atoms with Crippen molar-refractivity contribution in [2.45, 2.75) is 25.3 Å². The van der Waals surface area contributed by atoms with E-state index in [1.54, 1.807) is 24.5 Å². The summed E-state index contributed by atoms with van der Waals surface area (Å²) in [5, 5.41) is 12.0. The number of carbonyl (C=O) groups excluding carboxylic acids is 3. The molecular formula is C19H28N4O4. The van der Waals surface area contributed by atoms with E-state index in [4.69, 9.17) is 5.21 Å². The third-order valence-corrected chi connectivity index (χ3v) is 4.78. The Balaban J connectivity index is 2.14. The van der Waals surface area contributed by atoms with Gasteiger partial charge in [-0.05, 0) is 18.4 Å². The van der Waals surface area contributed by atoms with Gasteiger partial charge in [0.25, 0.3) is 0 Å². The lowest BCUT2D eigenvalue weighted by molar-refractivity contribution is -0.136. The number of piperazine rings is 1. The molecule has 3 amide bonds. The summed E-state index contributed by atoms with van der Waals surface area (Å²) >= 11 is 0. The molecule has 0 saturated carbocycles. The number of hydrogen-bond acceptors (Lipinski definition) is 5. The molecule has 8 heteroatoms. The van der Waals surface area contributed by atoms with Gasteiger partial charge in [-0.15, -0.1) is 0 Å². The predicted molar refractivity (Wildman–Crippen MR) is 100 cm³/mol. The van der Waals surface area contributed by atoms with Crippen molar-refractivity contribution in [1.29, 1.82) is 0 Å². The first-order chi connectivity index (χ1) is 12.9. The quantitative estimate of drug-likeness (QED) is 0.479. The number of ketones is 1. The Morgan fingerprint density at radius 2 is 2.00 bits per heavy atom. The fourth-order valence-corrected chi connectivity index (χ4v) is 3.32. The van der Waals surface area contributed by atoms with Crippen LogP contribution in [0.5, 0.6) is 0 Å². The second kappa shape index (κ2) is 10.0. The molecule has 1 aliphatic rings. The fourth-order valence-electron chi connectivity index (χ4n) is 3.32. The summed E-state index contributed by atoms with van der Waals surface area (Å²) in [6.45, 7) is 1.42. The molecule has 1 aromatic carbocycles. The van der Waals surface area contributed by atoms with Gasteiger partial charge in [0, 0.05) is 46.1 Å². The summed E-state index contributed by atoms with van der Waals surface area (Å²) in [5.74, 6) is -1.34. The second-order valence-corrected chi connectivity index (χ2v) is 6.95. The van der Waals surface area contributed by atoms with Gasteiger partial charge < -0.3 is 15.1 Å². The maximum Gasteiger partial charge on any atom is 0.320 e. The number of Topliss-reactive ketones (excluding diaryl/α,β-unsaturated/α-hetero) is 1. The molecule has 1 heterocycles. The summed E-state index contributed by atoms with van der Waals surface area (Å²) < 4.78 is 0. The molecule has 27 heavy (non-hydrogen) atoms. The van der Waals surface area contributed by atoms with Crippen LogP contribution in [-0.4, -0.2) is 72.5 Å². The molecule has 0 aromatic heterocycles. The Bertz CT molecular complexity index is 650. The molecule has 2 rings (SSSR count). The first-order valence-corrected chi connectivity index (χ1v) is 9.13. The number of amides is 3. The van der Waals surface area contributed by atoms with Crippen LogP contribution in [0.2, 0.25) is 0 Å². The molecule has 3 N–H and O–H groups in total. The van der Waals surface area contributed by atoms with E-state index in [1.807, 2.05) is 30.3 Å². The molecular weight excluding hydrogens is 348 g/mol.